The third kappa shape index (κ3) is 5.77. The molecule has 6 heteroatoms. The second-order valence-corrected chi connectivity index (χ2v) is 7.92. The van der Waals surface area contributed by atoms with Crippen LogP contribution < -0.4 is 4.72 Å². The first-order valence-electron chi connectivity index (χ1n) is 6.88. The quantitative estimate of drug-likeness (QED) is 0.588. The van der Waals surface area contributed by atoms with E-state index in [4.69, 9.17) is 11.6 Å². The van der Waals surface area contributed by atoms with Crippen molar-refractivity contribution in [3.63, 3.8) is 0 Å². The van der Waals surface area contributed by atoms with Crippen LogP contribution in [0.25, 0.3) is 0 Å². The van der Waals surface area contributed by atoms with Crippen molar-refractivity contribution in [2.24, 2.45) is 5.41 Å². The Bertz CT molecular complexity index is 512. The van der Waals surface area contributed by atoms with Crippen molar-refractivity contribution in [3.05, 3.63) is 23.5 Å². The summed E-state index contributed by atoms with van der Waals surface area (Å²) in [6, 6.07) is 2.93. The molecule has 1 aromatic heterocycles. The molecule has 1 N–H and O–H groups in total. The fraction of sp³-hybridized carbons (Fsp3) is 0.643. The van der Waals surface area contributed by atoms with Crippen LogP contribution in [0.2, 0.25) is 5.15 Å². The molecule has 0 atom stereocenters. The van der Waals surface area contributed by atoms with Crippen molar-refractivity contribution in [2.75, 3.05) is 6.54 Å². The smallest absolute Gasteiger partial charge is 0.242 e. The monoisotopic (exact) mass is 318 g/mol. The zero-order valence-electron chi connectivity index (χ0n) is 12.3. The lowest BCUT2D eigenvalue weighted by Gasteiger charge is -2.24. The van der Waals surface area contributed by atoms with Crippen LogP contribution in [0.1, 0.15) is 46.5 Å². The van der Waals surface area contributed by atoms with Crippen LogP contribution in [0.4, 0.5) is 0 Å². The summed E-state index contributed by atoms with van der Waals surface area (Å²) in [5, 5.41) is 0.281. The lowest BCUT2D eigenvalue weighted by Crippen LogP contribution is -2.34. The molecule has 0 saturated heterocycles. The maximum atomic E-state index is 12.1. The maximum absolute atomic E-state index is 12.1. The zero-order valence-corrected chi connectivity index (χ0v) is 13.9. The number of pyridine rings is 1. The van der Waals surface area contributed by atoms with E-state index in [0.717, 1.165) is 19.3 Å². The minimum atomic E-state index is -3.51. The van der Waals surface area contributed by atoms with Crippen molar-refractivity contribution in [3.8, 4) is 0 Å². The van der Waals surface area contributed by atoms with Gasteiger partial charge in [-0.1, -0.05) is 51.6 Å². The van der Waals surface area contributed by atoms with E-state index >= 15 is 0 Å². The fourth-order valence-electron chi connectivity index (χ4n) is 1.84. The van der Waals surface area contributed by atoms with E-state index < -0.39 is 10.0 Å². The molecule has 1 rings (SSSR count). The van der Waals surface area contributed by atoms with E-state index in [1.165, 1.54) is 24.8 Å². The van der Waals surface area contributed by atoms with Crippen LogP contribution in [0.15, 0.2) is 23.2 Å². The van der Waals surface area contributed by atoms with Crippen molar-refractivity contribution in [2.45, 2.75) is 51.3 Å². The molecular weight excluding hydrogens is 296 g/mol. The van der Waals surface area contributed by atoms with Crippen LogP contribution in [0.5, 0.6) is 0 Å². The molecule has 0 amide bonds. The predicted molar refractivity (Wildman–Crippen MR) is 82.4 cm³/mol. The number of hydrogen-bond donors (Lipinski definition) is 1. The molecule has 0 aromatic carbocycles. The molecule has 0 fully saturated rings. The largest absolute Gasteiger partial charge is 0.243 e. The number of sulfonamides is 1. The molecule has 0 radical (unpaired) electrons. The van der Waals surface area contributed by atoms with Gasteiger partial charge in [0.25, 0.3) is 0 Å². The van der Waals surface area contributed by atoms with Crippen LogP contribution in [-0.4, -0.2) is 19.9 Å². The van der Waals surface area contributed by atoms with Gasteiger partial charge >= 0.3 is 0 Å². The highest BCUT2D eigenvalue weighted by atomic mass is 35.5. The second kappa shape index (κ2) is 7.38. The molecule has 0 aliphatic rings. The van der Waals surface area contributed by atoms with E-state index in [1.807, 2.05) is 0 Å². The Balaban J connectivity index is 2.61. The topological polar surface area (TPSA) is 59.1 Å². The molecule has 0 unspecified atom stereocenters. The lowest BCUT2D eigenvalue weighted by molar-refractivity contribution is 0.320. The van der Waals surface area contributed by atoms with Crippen molar-refractivity contribution in [1.29, 1.82) is 0 Å². The average molecular weight is 319 g/mol. The van der Waals surface area contributed by atoms with E-state index in [9.17, 15) is 8.42 Å². The Kier molecular flexibility index (Phi) is 6.43. The predicted octanol–water partition coefficient (Wildman–Crippen LogP) is 3.62. The minimum Gasteiger partial charge on any atom is -0.243 e. The Hall–Kier alpha value is -0.650. The summed E-state index contributed by atoms with van der Waals surface area (Å²) in [6.45, 7) is 6.72. The number of aromatic nitrogens is 1. The molecule has 1 aromatic rings. The molecule has 0 bridgehead atoms. The maximum Gasteiger partial charge on any atom is 0.242 e. The Morgan fingerprint density at radius 1 is 1.30 bits per heavy atom. The molecule has 0 saturated carbocycles. The van der Waals surface area contributed by atoms with Gasteiger partial charge < -0.3 is 0 Å². The third-order valence-corrected chi connectivity index (χ3v) is 4.82. The molecular formula is C14H23ClN2O2S. The number of nitrogens with zero attached hydrogens (tertiary/aromatic N) is 1. The summed E-state index contributed by atoms with van der Waals surface area (Å²) in [6.07, 6.45) is 5.74. The van der Waals surface area contributed by atoms with Gasteiger partial charge in [-0.25, -0.2) is 18.1 Å². The molecule has 0 aliphatic carbocycles. The summed E-state index contributed by atoms with van der Waals surface area (Å²) >= 11 is 5.66. The summed E-state index contributed by atoms with van der Waals surface area (Å²) in [5.74, 6) is 0. The number of rotatable bonds is 8. The molecule has 114 valence electrons. The van der Waals surface area contributed by atoms with Gasteiger partial charge in [0, 0.05) is 12.7 Å². The zero-order chi connectivity index (χ0) is 15.2. The van der Waals surface area contributed by atoms with E-state index in [1.54, 1.807) is 0 Å². The van der Waals surface area contributed by atoms with E-state index in [-0.39, 0.29) is 15.5 Å². The third-order valence-electron chi connectivity index (χ3n) is 3.21. The van der Waals surface area contributed by atoms with Crippen molar-refractivity contribution >= 4 is 21.6 Å². The number of unbranched alkanes of at least 4 members (excludes halogenated alkanes) is 2. The van der Waals surface area contributed by atoms with Crippen LogP contribution in [-0.2, 0) is 10.0 Å². The molecule has 4 nitrogen and oxygen atoms in total. The first-order chi connectivity index (χ1) is 9.27. The normalized spacial score (nSPS) is 12.6. The van der Waals surface area contributed by atoms with E-state index in [2.05, 4.69) is 30.5 Å². The first kappa shape index (κ1) is 17.4. The van der Waals surface area contributed by atoms with Gasteiger partial charge in [-0.05, 0) is 24.0 Å². The van der Waals surface area contributed by atoms with E-state index in [0.29, 0.717) is 6.54 Å². The van der Waals surface area contributed by atoms with Crippen molar-refractivity contribution in [1.82, 2.24) is 9.71 Å². The van der Waals surface area contributed by atoms with Gasteiger partial charge in [-0.2, -0.15) is 0 Å². The number of nitrogens with one attached hydrogen (secondary N) is 1. The summed E-state index contributed by atoms with van der Waals surface area (Å²) in [7, 11) is -3.51. The van der Waals surface area contributed by atoms with Crippen LogP contribution in [0, 0.1) is 5.41 Å². The van der Waals surface area contributed by atoms with Gasteiger partial charge in [0.2, 0.25) is 10.0 Å². The van der Waals surface area contributed by atoms with Crippen LogP contribution >= 0.6 is 11.6 Å². The van der Waals surface area contributed by atoms with Gasteiger partial charge in [-0.15, -0.1) is 0 Å². The SMILES string of the molecule is CCCCCC(C)(C)CNS(=O)(=O)c1ccc(Cl)nc1. The average Bonchev–Trinajstić information content (AvgIpc) is 2.37. The van der Waals surface area contributed by atoms with Gasteiger partial charge in [0.1, 0.15) is 10.0 Å². The van der Waals surface area contributed by atoms with Gasteiger partial charge in [0.15, 0.2) is 0 Å². The second-order valence-electron chi connectivity index (χ2n) is 5.76. The van der Waals surface area contributed by atoms with Crippen molar-refractivity contribution < 1.29 is 8.42 Å². The lowest BCUT2D eigenvalue weighted by atomic mass is 9.87. The highest BCUT2D eigenvalue weighted by Crippen LogP contribution is 2.23. The standard InChI is InChI=1S/C14H23ClN2O2S/c1-4-5-6-9-14(2,3)11-17-20(18,19)12-7-8-13(15)16-10-12/h7-8,10,17H,4-6,9,11H2,1-3H3. The molecule has 1 heterocycles. The highest BCUT2D eigenvalue weighted by Gasteiger charge is 2.22. The summed E-state index contributed by atoms with van der Waals surface area (Å²) < 4.78 is 26.9. The van der Waals surface area contributed by atoms with Crippen LogP contribution in [0.3, 0.4) is 0 Å². The fourth-order valence-corrected chi connectivity index (χ4v) is 3.13. The molecule has 0 aliphatic heterocycles. The number of halogens is 1. The summed E-state index contributed by atoms with van der Waals surface area (Å²) in [4.78, 5) is 3.94. The Morgan fingerprint density at radius 2 is 2.00 bits per heavy atom. The molecule has 20 heavy (non-hydrogen) atoms. The Morgan fingerprint density at radius 3 is 2.55 bits per heavy atom. The molecule has 0 spiro atoms. The summed E-state index contributed by atoms with van der Waals surface area (Å²) in [5.41, 5.74) is -0.0535. The number of hydrogen-bond acceptors (Lipinski definition) is 3. The highest BCUT2D eigenvalue weighted by molar-refractivity contribution is 7.89. The van der Waals surface area contributed by atoms with Gasteiger partial charge in [0.05, 0.1) is 0 Å². The van der Waals surface area contributed by atoms with Gasteiger partial charge in [-0.3, -0.25) is 0 Å². The Labute approximate surface area is 127 Å². The first-order valence-corrected chi connectivity index (χ1v) is 8.74. The minimum absolute atomic E-state index is 0.0535.